The van der Waals surface area contributed by atoms with Gasteiger partial charge in [0.2, 0.25) is 5.91 Å². The van der Waals surface area contributed by atoms with Crippen LogP contribution >= 0.6 is 0 Å². The quantitative estimate of drug-likeness (QED) is 0.208. The molecule has 0 bridgehead atoms. The molecule has 1 aliphatic rings. The van der Waals surface area contributed by atoms with E-state index in [-0.39, 0.29) is 24.0 Å². The summed E-state index contributed by atoms with van der Waals surface area (Å²) < 4.78 is 11.4. The first-order chi connectivity index (χ1) is 18.7. The van der Waals surface area contributed by atoms with Crippen LogP contribution in [0.15, 0.2) is 65.7 Å². The lowest BCUT2D eigenvalue weighted by molar-refractivity contribution is -0.384. The number of H-pyrrole nitrogens is 1. The number of likely N-dealkylation sites (N-methyl/N-ethyl adjacent to an activating group) is 2. The fraction of sp³-hybridized carbons (Fsp3) is 0.214. The van der Waals surface area contributed by atoms with Gasteiger partial charge in [-0.2, -0.15) is 0 Å². The average molecular weight is 530 g/mol. The summed E-state index contributed by atoms with van der Waals surface area (Å²) in [5, 5.41) is 22.8. The van der Waals surface area contributed by atoms with Gasteiger partial charge >= 0.3 is 0 Å². The van der Waals surface area contributed by atoms with Gasteiger partial charge in [-0.3, -0.25) is 14.9 Å². The predicted molar refractivity (Wildman–Crippen MR) is 148 cm³/mol. The third-order valence-electron chi connectivity index (χ3n) is 6.33. The van der Waals surface area contributed by atoms with Crippen LogP contribution < -0.4 is 14.4 Å². The third-order valence-corrected chi connectivity index (χ3v) is 6.33. The molecule has 1 aromatic heterocycles. The highest BCUT2D eigenvalue weighted by Gasteiger charge is 2.23. The summed E-state index contributed by atoms with van der Waals surface area (Å²) in [7, 11) is 5.39. The number of amides is 1. The highest BCUT2D eigenvalue weighted by molar-refractivity contribution is 6.22. The highest BCUT2D eigenvalue weighted by Crippen LogP contribution is 2.36. The zero-order chi connectivity index (χ0) is 27.7. The van der Waals surface area contributed by atoms with Gasteiger partial charge in [-0.15, -0.1) is 0 Å². The molecule has 0 atom stereocenters. The summed E-state index contributed by atoms with van der Waals surface area (Å²) in [4.78, 5) is 34.4. The van der Waals surface area contributed by atoms with Crippen LogP contribution in [0.3, 0.4) is 0 Å². The predicted octanol–water partition coefficient (Wildman–Crippen LogP) is 4.25. The summed E-state index contributed by atoms with van der Waals surface area (Å²) in [5.41, 5.74) is 3.05. The molecule has 1 aliphatic heterocycles. The number of carbonyl (C=O) groups excluding carboxylic acids is 1. The maximum absolute atomic E-state index is 12.5. The van der Waals surface area contributed by atoms with Crippen LogP contribution in [0.1, 0.15) is 11.1 Å². The molecule has 3 aromatic carbocycles. The number of aromatic amines is 1. The topological polar surface area (TPSA) is 134 Å². The zero-order valence-electron chi connectivity index (χ0n) is 21.7. The summed E-state index contributed by atoms with van der Waals surface area (Å²) in [6.07, 6.45) is 0. The smallest absolute Gasteiger partial charge is 0.271 e. The molecule has 0 unspecified atom stereocenters. The lowest BCUT2D eigenvalue weighted by Crippen LogP contribution is -2.34. The zero-order valence-corrected chi connectivity index (χ0v) is 21.7. The molecule has 0 saturated carbocycles. The van der Waals surface area contributed by atoms with E-state index in [1.165, 1.54) is 12.1 Å². The first-order valence-corrected chi connectivity index (χ1v) is 12.2. The van der Waals surface area contributed by atoms with Crippen molar-refractivity contribution in [2.45, 2.75) is 0 Å². The molecule has 39 heavy (non-hydrogen) atoms. The number of aromatic hydroxyl groups is 1. The van der Waals surface area contributed by atoms with E-state index in [1.807, 2.05) is 20.2 Å². The maximum atomic E-state index is 12.5. The van der Waals surface area contributed by atoms with Gasteiger partial charge in [-0.1, -0.05) is 0 Å². The molecule has 2 N–H and O–H groups in total. The Hall–Kier alpha value is -4.90. The van der Waals surface area contributed by atoms with Crippen molar-refractivity contribution < 1.29 is 24.3 Å². The number of ether oxygens (including phenoxy) is 2. The van der Waals surface area contributed by atoms with Crippen molar-refractivity contribution in [3.63, 3.8) is 0 Å². The van der Waals surface area contributed by atoms with E-state index < -0.39 is 4.92 Å². The van der Waals surface area contributed by atoms with Crippen molar-refractivity contribution in [2.75, 3.05) is 45.8 Å². The number of anilines is 1. The Kier molecular flexibility index (Phi) is 6.90. The minimum atomic E-state index is -0.491. The highest BCUT2D eigenvalue weighted by atomic mass is 16.6. The molecule has 0 spiro atoms. The van der Waals surface area contributed by atoms with Crippen molar-refractivity contribution in [3.8, 4) is 17.4 Å². The number of nitro groups is 1. The van der Waals surface area contributed by atoms with Crippen LogP contribution in [0.25, 0.3) is 10.9 Å². The molecule has 1 amide bonds. The molecule has 4 aromatic rings. The van der Waals surface area contributed by atoms with Crippen LogP contribution in [0, 0.1) is 10.1 Å². The van der Waals surface area contributed by atoms with Gasteiger partial charge in [0.1, 0.15) is 13.2 Å². The fourth-order valence-electron chi connectivity index (χ4n) is 4.38. The lowest BCUT2D eigenvalue weighted by Gasteiger charge is -2.20. The number of benzene rings is 3. The standard InChI is InChI=1S/C28H27N5O6/c1-31(2)16-25(34)32(3)19-7-5-18(6-8-19)29-27(17-4-11-23-24(14-17)39-13-12-38-23)26-21-10-9-20(33(36)37)15-22(21)30-28(26)35/h4-11,14-15,30,35H,12-13,16H2,1-3H3. The molecule has 0 aliphatic carbocycles. The summed E-state index contributed by atoms with van der Waals surface area (Å²) >= 11 is 0. The van der Waals surface area contributed by atoms with Crippen LogP contribution in [-0.4, -0.2) is 72.4 Å². The summed E-state index contributed by atoms with van der Waals surface area (Å²) in [6, 6.07) is 16.9. The number of nitrogens with one attached hydrogen (secondary N) is 1. The fourth-order valence-corrected chi connectivity index (χ4v) is 4.38. The number of rotatable bonds is 7. The Morgan fingerprint density at radius 1 is 1.03 bits per heavy atom. The van der Waals surface area contributed by atoms with Crippen LogP contribution in [0.2, 0.25) is 0 Å². The van der Waals surface area contributed by atoms with Gasteiger partial charge in [-0.05, 0) is 62.6 Å². The Balaban J connectivity index is 1.61. The number of aromatic nitrogens is 1. The number of non-ortho nitro benzene ring substituents is 1. The number of nitro benzene ring substituents is 1. The molecular formula is C28H27N5O6. The van der Waals surface area contributed by atoms with Crippen molar-refractivity contribution in [3.05, 3.63) is 81.9 Å². The van der Waals surface area contributed by atoms with E-state index in [2.05, 4.69) is 4.98 Å². The Morgan fingerprint density at radius 3 is 2.44 bits per heavy atom. The van der Waals surface area contributed by atoms with Gasteiger partial charge in [0.25, 0.3) is 5.69 Å². The van der Waals surface area contributed by atoms with E-state index in [4.69, 9.17) is 14.5 Å². The molecule has 0 radical (unpaired) electrons. The minimum Gasteiger partial charge on any atom is -0.494 e. The molecule has 0 fully saturated rings. The van der Waals surface area contributed by atoms with Gasteiger partial charge < -0.3 is 29.4 Å². The minimum absolute atomic E-state index is 0.0500. The number of hydrogen-bond donors (Lipinski definition) is 2. The van der Waals surface area contributed by atoms with Crippen molar-refractivity contribution in [2.24, 2.45) is 4.99 Å². The molecule has 11 nitrogen and oxygen atoms in total. The number of hydrogen-bond acceptors (Lipinski definition) is 8. The number of carbonyl (C=O) groups is 1. The van der Waals surface area contributed by atoms with Gasteiger partial charge in [0.15, 0.2) is 17.4 Å². The first kappa shape index (κ1) is 25.7. The van der Waals surface area contributed by atoms with E-state index in [0.29, 0.717) is 63.8 Å². The van der Waals surface area contributed by atoms with E-state index in [9.17, 15) is 20.0 Å². The number of nitrogens with zero attached hydrogens (tertiary/aromatic N) is 4. The summed E-state index contributed by atoms with van der Waals surface area (Å²) in [5.74, 6) is 0.937. The van der Waals surface area contributed by atoms with Crippen LogP contribution in [0.4, 0.5) is 17.1 Å². The monoisotopic (exact) mass is 529 g/mol. The second-order valence-corrected chi connectivity index (χ2v) is 9.36. The van der Waals surface area contributed by atoms with Gasteiger partial charge in [0.05, 0.1) is 33.9 Å². The van der Waals surface area contributed by atoms with Crippen molar-refractivity contribution in [1.82, 2.24) is 9.88 Å². The van der Waals surface area contributed by atoms with E-state index >= 15 is 0 Å². The molecule has 11 heteroatoms. The second-order valence-electron chi connectivity index (χ2n) is 9.36. The van der Waals surface area contributed by atoms with Gasteiger partial charge in [-0.25, -0.2) is 4.99 Å². The van der Waals surface area contributed by atoms with Crippen molar-refractivity contribution in [1.29, 1.82) is 0 Å². The number of aliphatic imine (C=N–C) groups is 1. The first-order valence-electron chi connectivity index (χ1n) is 12.2. The SMILES string of the molecule is CN(C)CC(=O)N(C)c1ccc(N=C(c2ccc3c(c2)OCCO3)c2c(O)[nH]c3cc([N+](=O)[O-])ccc23)cc1. The van der Waals surface area contributed by atoms with Crippen LogP contribution in [0.5, 0.6) is 17.4 Å². The second kappa shape index (κ2) is 10.5. The maximum Gasteiger partial charge on any atom is 0.271 e. The molecule has 5 rings (SSSR count). The van der Waals surface area contributed by atoms with Crippen molar-refractivity contribution >= 4 is 39.6 Å². The Bertz CT molecular complexity index is 1590. The Morgan fingerprint density at radius 2 is 1.74 bits per heavy atom. The summed E-state index contributed by atoms with van der Waals surface area (Å²) in [6.45, 7) is 1.14. The van der Waals surface area contributed by atoms with Crippen LogP contribution in [-0.2, 0) is 4.79 Å². The van der Waals surface area contributed by atoms with E-state index in [0.717, 1.165) is 0 Å². The molecule has 200 valence electrons. The largest absolute Gasteiger partial charge is 0.494 e. The normalized spacial score (nSPS) is 13.1. The molecule has 0 saturated heterocycles. The lowest BCUT2D eigenvalue weighted by atomic mass is 10.00. The third kappa shape index (κ3) is 5.25. The molecule has 2 heterocycles. The Labute approximate surface area is 224 Å². The van der Waals surface area contributed by atoms with Gasteiger partial charge in [0, 0.05) is 35.8 Å². The molecular weight excluding hydrogens is 502 g/mol. The number of fused-ring (bicyclic) bond motifs is 2. The van der Waals surface area contributed by atoms with E-state index in [1.54, 1.807) is 59.3 Å². The average Bonchev–Trinajstić information content (AvgIpc) is 3.25.